The standard InChI is InChI=1S/C66H52N2/c1-5-14-49(15-6-1)53-32-40-63(41-33-53)67(61-20-9-3-10-21-61)65-44-36-55(37-45-65)51-24-28-57(29-25-51)59-18-13-19-60(48-59)58-30-26-52(27-31-58)56-38-46-66(47-39-56)68(62-22-11-4-12-23-62)64-42-34-54(35-43-64)50-16-7-2-8-17-50/h1-16,18-26,28-48,50,52H,17,27H2. The Labute approximate surface area is 401 Å². The molecule has 0 N–H and O–H groups in total. The summed E-state index contributed by atoms with van der Waals surface area (Å²) in [5, 5.41) is 0. The molecule has 2 heteroatoms. The predicted molar refractivity (Wildman–Crippen MR) is 289 cm³/mol. The summed E-state index contributed by atoms with van der Waals surface area (Å²) < 4.78 is 0. The number of para-hydroxylation sites is 2. The van der Waals surface area contributed by atoms with Gasteiger partial charge in [-0.2, -0.15) is 0 Å². The van der Waals surface area contributed by atoms with Gasteiger partial charge in [0.05, 0.1) is 0 Å². The molecule has 0 saturated heterocycles. The molecule has 2 unspecified atom stereocenters. The van der Waals surface area contributed by atoms with Crippen molar-refractivity contribution in [3.8, 4) is 33.4 Å². The molecular weight excluding hydrogens is 821 g/mol. The van der Waals surface area contributed by atoms with Crippen LogP contribution in [0.2, 0.25) is 0 Å². The zero-order chi connectivity index (χ0) is 45.5. The second kappa shape index (κ2) is 19.6. The summed E-state index contributed by atoms with van der Waals surface area (Å²) in [6.45, 7) is 0. The number of hydrogen-bond donors (Lipinski definition) is 0. The predicted octanol–water partition coefficient (Wildman–Crippen LogP) is 18.4. The summed E-state index contributed by atoms with van der Waals surface area (Å²) in [6.07, 6.45) is 17.9. The van der Waals surface area contributed by atoms with Gasteiger partial charge in [-0.3, -0.25) is 0 Å². The first-order chi connectivity index (χ1) is 33.7. The van der Waals surface area contributed by atoms with Crippen LogP contribution in [0.4, 0.5) is 34.1 Å². The Morgan fingerprint density at radius 1 is 0.294 bits per heavy atom. The number of allylic oxidation sites excluding steroid dienone is 8. The van der Waals surface area contributed by atoms with Crippen molar-refractivity contribution in [1.29, 1.82) is 0 Å². The molecule has 11 rings (SSSR count). The minimum Gasteiger partial charge on any atom is -0.311 e. The van der Waals surface area contributed by atoms with Crippen molar-refractivity contribution < 1.29 is 0 Å². The van der Waals surface area contributed by atoms with Crippen LogP contribution in [0.15, 0.2) is 279 Å². The summed E-state index contributed by atoms with van der Waals surface area (Å²) in [5.41, 5.74) is 19.2. The lowest BCUT2D eigenvalue weighted by atomic mass is 9.87. The van der Waals surface area contributed by atoms with Crippen molar-refractivity contribution >= 4 is 39.7 Å². The van der Waals surface area contributed by atoms with Crippen LogP contribution < -0.4 is 9.80 Å². The fraction of sp³-hybridized carbons (Fsp3) is 0.0606. The van der Waals surface area contributed by atoms with Crippen molar-refractivity contribution in [3.05, 3.63) is 296 Å². The molecule has 0 saturated carbocycles. The van der Waals surface area contributed by atoms with Gasteiger partial charge in [0.25, 0.3) is 0 Å². The normalized spacial score (nSPS) is 15.1. The molecule has 9 aromatic carbocycles. The summed E-state index contributed by atoms with van der Waals surface area (Å²) in [4.78, 5) is 4.67. The van der Waals surface area contributed by atoms with Crippen molar-refractivity contribution in [1.82, 2.24) is 0 Å². The highest BCUT2D eigenvalue weighted by atomic mass is 15.1. The molecular formula is C66H52N2. The topological polar surface area (TPSA) is 6.48 Å². The maximum Gasteiger partial charge on any atom is 0.0462 e. The molecule has 0 bridgehead atoms. The Morgan fingerprint density at radius 2 is 0.676 bits per heavy atom. The number of benzene rings is 9. The van der Waals surface area contributed by atoms with Gasteiger partial charge < -0.3 is 9.80 Å². The lowest BCUT2D eigenvalue weighted by Gasteiger charge is -2.27. The van der Waals surface area contributed by atoms with Gasteiger partial charge in [-0.05, 0) is 147 Å². The molecule has 0 heterocycles. The van der Waals surface area contributed by atoms with Crippen molar-refractivity contribution in [3.63, 3.8) is 0 Å². The van der Waals surface area contributed by atoms with E-state index in [0.29, 0.717) is 11.8 Å². The third-order valence-electron chi connectivity index (χ3n) is 13.4. The fourth-order valence-corrected chi connectivity index (χ4v) is 9.67. The monoisotopic (exact) mass is 872 g/mol. The van der Waals surface area contributed by atoms with E-state index in [0.717, 1.165) is 47.0 Å². The maximum atomic E-state index is 2.40. The molecule has 9 aromatic rings. The quantitative estimate of drug-likeness (QED) is 0.121. The highest BCUT2D eigenvalue weighted by molar-refractivity contribution is 5.82. The lowest BCUT2D eigenvalue weighted by Crippen LogP contribution is -2.10. The Hall–Kier alpha value is -8.46. The first-order valence-electron chi connectivity index (χ1n) is 23.8. The Balaban J connectivity index is 0.762. The number of anilines is 6. The summed E-state index contributed by atoms with van der Waals surface area (Å²) in [5.74, 6) is 0.761. The van der Waals surface area contributed by atoms with Crippen LogP contribution in [0.3, 0.4) is 0 Å². The molecule has 326 valence electrons. The molecule has 0 spiro atoms. The van der Waals surface area contributed by atoms with E-state index in [2.05, 4.69) is 289 Å². The molecule has 2 nitrogen and oxygen atoms in total. The zero-order valence-corrected chi connectivity index (χ0v) is 38.0. The first-order valence-corrected chi connectivity index (χ1v) is 23.8. The van der Waals surface area contributed by atoms with Crippen LogP contribution in [-0.2, 0) is 0 Å². The van der Waals surface area contributed by atoms with Gasteiger partial charge in [0.15, 0.2) is 0 Å². The van der Waals surface area contributed by atoms with Gasteiger partial charge >= 0.3 is 0 Å². The van der Waals surface area contributed by atoms with E-state index in [4.69, 9.17) is 0 Å². The van der Waals surface area contributed by atoms with Crippen LogP contribution >= 0.6 is 0 Å². The molecule has 2 aliphatic carbocycles. The van der Waals surface area contributed by atoms with Crippen molar-refractivity contribution in [2.45, 2.75) is 24.7 Å². The molecule has 0 aliphatic heterocycles. The SMILES string of the molecule is C1=CCC(c2ccc(N(c3ccccc3)c3ccc(C4C=CC(c5cccc(-c6ccc(-c7ccc(N(c8ccccc8)c8ccc(-c9ccccc9)cc8)cc7)cc6)c5)=CC4)cc3)cc2)C=C1. The summed E-state index contributed by atoms with van der Waals surface area (Å²) in [6, 6.07) is 85.7. The average molecular weight is 873 g/mol. The van der Waals surface area contributed by atoms with E-state index in [1.54, 1.807) is 0 Å². The van der Waals surface area contributed by atoms with Gasteiger partial charge in [0.1, 0.15) is 0 Å². The Morgan fingerprint density at radius 3 is 1.13 bits per heavy atom. The molecule has 0 radical (unpaired) electrons. The van der Waals surface area contributed by atoms with E-state index in [1.165, 1.54) is 55.6 Å². The van der Waals surface area contributed by atoms with Crippen LogP contribution in [-0.4, -0.2) is 0 Å². The van der Waals surface area contributed by atoms with Gasteiger partial charge in [-0.1, -0.05) is 200 Å². The minimum atomic E-state index is 0.326. The maximum absolute atomic E-state index is 2.40. The molecule has 0 amide bonds. The van der Waals surface area contributed by atoms with Gasteiger partial charge in [-0.25, -0.2) is 0 Å². The Kier molecular flexibility index (Phi) is 12.1. The third-order valence-corrected chi connectivity index (χ3v) is 13.4. The fourth-order valence-electron chi connectivity index (χ4n) is 9.67. The minimum absolute atomic E-state index is 0.326. The number of rotatable bonds is 12. The van der Waals surface area contributed by atoms with Crippen molar-refractivity contribution in [2.24, 2.45) is 0 Å². The number of nitrogens with zero attached hydrogens (tertiary/aromatic N) is 2. The molecule has 0 aromatic heterocycles. The van der Waals surface area contributed by atoms with Crippen LogP contribution in [0, 0.1) is 0 Å². The van der Waals surface area contributed by atoms with Gasteiger partial charge in [0.2, 0.25) is 0 Å². The van der Waals surface area contributed by atoms with E-state index in [9.17, 15) is 0 Å². The van der Waals surface area contributed by atoms with Crippen LogP contribution in [0.25, 0.3) is 39.0 Å². The molecule has 2 atom stereocenters. The van der Waals surface area contributed by atoms with E-state index >= 15 is 0 Å². The van der Waals surface area contributed by atoms with Crippen molar-refractivity contribution in [2.75, 3.05) is 9.80 Å². The first kappa shape index (κ1) is 42.2. The van der Waals surface area contributed by atoms with Crippen LogP contribution in [0.1, 0.15) is 41.4 Å². The van der Waals surface area contributed by atoms with E-state index < -0.39 is 0 Å². The van der Waals surface area contributed by atoms with E-state index in [-0.39, 0.29) is 0 Å². The summed E-state index contributed by atoms with van der Waals surface area (Å²) >= 11 is 0. The Bertz CT molecular complexity index is 3220. The van der Waals surface area contributed by atoms with E-state index in [1.807, 2.05) is 0 Å². The number of hydrogen-bond acceptors (Lipinski definition) is 2. The average Bonchev–Trinajstić information content (AvgIpc) is 3.43. The van der Waals surface area contributed by atoms with Crippen LogP contribution in [0.5, 0.6) is 0 Å². The summed E-state index contributed by atoms with van der Waals surface area (Å²) in [7, 11) is 0. The second-order valence-corrected chi connectivity index (χ2v) is 17.7. The smallest absolute Gasteiger partial charge is 0.0462 e. The highest BCUT2D eigenvalue weighted by Gasteiger charge is 2.18. The second-order valence-electron chi connectivity index (χ2n) is 17.7. The third kappa shape index (κ3) is 9.18. The zero-order valence-electron chi connectivity index (χ0n) is 38.0. The largest absolute Gasteiger partial charge is 0.311 e. The lowest BCUT2D eigenvalue weighted by molar-refractivity contribution is 0.853. The molecule has 2 aliphatic rings. The van der Waals surface area contributed by atoms with Gasteiger partial charge in [0, 0.05) is 46.0 Å². The molecule has 68 heavy (non-hydrogen) atoms. The highest BCUT2D eigenvalue weighted by Crippen LogP contribution is 2.40. The van der Waals surface area contributed by atoms with Gasteiger partial charge in [-0.15, -0.1) is 0 Å². The molecule has 0 fully saturated rings.